The molecule has 1 aromatic rings. The molecule has 0 aliphatic carbocycles. The molecule has 2 N–H and O–H groups in total. The van der Waals surface area contributed by atoms with Gasteiger partial charge >= 0.3 is 0 Å². The lowest BCUT2D eigenvalue weighted by Gasteiger charge is -2.19. The molecule has 0 saturated carbocycles. The maximum Gasteiger partial charge on any atom is 0.195 e. The predicted molar refractivity (Wildman–Crippen MR) is 51.8 cm³/mol. The summed E-state index contributed by atoms with van der Waals surface area (Å²) in [7, 11) is 0. The zero-order valence-electron chi connectivity index (χ0n) is 8.45. The van der Waals surface area contributed by atoms with Crippen LogP contribution in [0.3, 0.4) is 0 Å². The van der Waals surface area contributed by atoms with E-state index in [-0.39, 0.29) is 5.60 Å². The van der Waals surface area contributed by atoms with E-state index >= 15 is 0 Å². The van der Waals surface area contributed by atoms with Crippen LogP contribution in [0.2, 0.25) is 0 Å². The van der Waals surface area contributed by atoms with Gasteiger partial charge in [-0.15, -0.1) is 0 Å². The van der Waals surface area contributed by atoms with E-state index in [1.165, 1.54) is 0 Å². The van der Waals surface area contributed by atoms with Crippen LogP contribution in [0.1, 0.15) is 31.4 Å². The van der Waals surface area contributed by atoms with Crippen molar-refractivity contribution in [2.24, 2.45) is 5.73 Å². The molecule has 1 fully saturated rings. The molecule has 14 heavy (non-hydrogen) atoms. The third kappa shape index (κ3) is 1.67. The van der Waals surface area contributed by atoms with Crippen LogP contribution in [0.15, 0.2) is 10.6 Å². The largest absolute Gasteiger partial charge is 0.443 e. The van der Waals surface area contributed by atoms with Gasteiger partial charge in [0, 0.05) is 19.6 Å². The zero-order valence-corrected chi connectivity index (χ0v) is 8.45. The molecule has 0 amide bonds. The first-order valence-electron chi connectivity index (χ1n) is 5.04. The van der Waals surface area contributed by atoms with Crippen molar-refractivity contribution in [1.82, 2.24) is 4.98 Å². The highest BCUT2D eigenvalue weighted by Gasteiger charge is 2.35. The molecular formula is C10H16N2O2. The summed E-state index contributed by atoms with van der Waals surface area (Å²) < 4.78 is 11.2. The summed E-state index contributed by atoms with van der Waals surface area (Å²) in [5.74, 6) is 1.54. The molecule has 1 atom stereocenters. The second kappa shape index (κ2) is 3.71. The van der Waals surface area contributed by atoms with Gasteiger partial charge in [0.1, 0.15) is 5.60 Å². The van der Waals surface area contributed by atoms with Gasteiger partial charge in [-0.25, -0.2) is 4.98 Å². The first-order chi connectivity index (χ1) is 6.74. The van der Waals surface area contributed by atoms with E-state index in [0.29, 0.717) is 18.9 Å². The topological polar surface area (TPSA) is 61.3 Å². The fourth-order valence-corrected chi connectivity index (χ4v) is 1.77. The Labute approximate surface area is 83.4 Å². The molecule has 1 unspecified atom stereocenters. The fraction of sp³-hybridized carbons (Fsp3) is 0.700. The first kappa shape index (κ1) is 9.68. The van der Waals surface area contributed by atoms with Crippen molar-refractivity contribution >= 4 is 0 Å². The van der Waals surface area contributed by atoms with Gasteiger partial charge in [0.2, 0.25) is 0 Å². The Bertz CT molecular complexity index is 303. The van der Waals surface area contributed by atoms with Crippen molar-refractivity contribution in [3.63, 3.8) is 0 Å². The lowest BCUT2D eigenvalue weighted by molar-refractivity contribution is -0.00161. The van der Waals surface area contributed by atoms with E-state index in [4.69, 9.17) is 14.9 Å². The van der Waals surface area contributed by atoms with Crippen molar-refractivity contribution in [3.8, 4) is 0 Å². The van der Waals surface area contributed by atoms with Crippen molar-refractivity contribution in [2.45, 2.75) is 31.8 Å². The minimum absolute atomic E-state index is 0.264. The molecule has 0 radical (unpaired) electrons. The SMILES string of the molecule is CC1(c2cnc(CCN)o2)CCCO1. The summed E-state index contributed by atoms with van der Waals surface area (Å²) in [6.45, 7) is 3.42. The van der Waals surface area contributed by atoms with Crippen LogP contribution in [0.4, 0.5) is 0 Å². The summed E-state index contributed by atoms with van der Waals surface area (Å²) in [4.78, 5) is 4.17. The van der Waals surface area contributed by atoms with E-state index < -0.39 is 0 Å². The number of hydrogen-bond donors (Lipinski definition) is 1. The maximum absolute atomic E-state index is 5.65. The maximum atomic E-state index is 5.65. The highest BCUT2D eigenvalue weighted by atomic mass is 16.5. The van der Waals surface area contributed by atoms with E-state index in [0.717, 1.165) is 25.2 Å². The second-order valence-corrected chi connectivity index (χ2v) is 3.84. The lowest BCUT2D eigenvalue weighted by Crippen LogP contribution is -2.18. The monoisotopic (exact) mass is 196 g/mol. The van der Waals surface area contributed by atoms with Crippen LogP contribution in [-0.2, 0) is 16.8 Å². The number of nitrogens with zero attached hydrogens (tertiary/aromatic N) is 1. The van der Waals surface area contributed by atoms with E-state index in [1.807, 2.05) is 6.92 Å². The summed E-state index contributed by atoms with van der Waals surface area (Å²) >= 11 is 0. The second-order valence-electron chi connectivity index (χ2n) is 3.84. The van der Waals surface area contributed by atoms with E-state index in [2.05, 4.69) is 4.98 Å². The highest BCUT2D eigenvalue weighted by molar-refractivity contribution is 5.07. The Hall–Kier alpha value is -0.870. The average Bonchev–Trinajstić information content (AvgIpc) is 2.75. The zero-order chi connectivity index (χ0) is 10.0. The molecule has 0 aromatic carbocycles. The Morgan fingerprint density at radius 2 is 2.50 bits per heavy atom. The molecule has 1 aromatic heterocycles. The van der Waals surface area contributed by atoms with Crippen LogP contribution >= 0.6 is 0 Å². The third-order valence-electron chi connectivity index (χ3n) is 2.65. The molecule has 78 valence electrons. The predicted octanol–water partition coefficient (Wildman–Crippen LogP) is 1.20. The van der Waals surface area contributed by atoms with Gasteiger partial charge in [-0.1, -0.05) is 0 Å². The van der Waals surface area contributed by atoms with Crippen LogP contribution in [-0.4, -0.2) is 18.1 Å². The van der Waals surface area contributed by atoms with Crippen LogP contribution in [0, 0.1) is 0 Å². The van der Waals surface area contributed by atoms with Crippen LogP contribution in [0.25, 0.3) is 0 Å². The average molecular weight is 196 g/mol. The lowest BCUT2D eigenvalue weighted by atomic mass is 10.0. The molecular weight excluding hydrogens is 180 g/mol. The molecule has 4 heteroatoms. The third-order valence-corrected chi connectivity index (χ3v) is 2.65. The standard InChI is InChI=1S/C10H16N2O2/c1-10(4-2-6-13-10)8-7-12-9(14-8)3-5-11/h7H,2-6,11H2,1H3. The summed E-state index contributed by atoms with van der Waals surface area (Å²) in [5.41, 5.74) is 5.16. The Morgan fingerprint density at radius 1 is 1.64 bits per heavy atom. The molecule has 4 nitrogen and oxygen atoms in total. The van der Waals surface area contributed by atoms with Gasteiger partial charge < -0.3 is 14.9 Å². The number of aromatic nitrogens is 1. The molecule has 2 rings (SSSR count). The van der Waals surface area contributed by atoms with Gasteiger partial charge in [-0.2, -0.15) is 0 Å². The summed E-state index contributed by atoms with van der Waals surface area (Å²) in [6, 6.07) is 0. The van der Waals surface area contributed by atoms with Crippen LogP contribution < -0.4 is 5.73 Å². The minimum atomic E-state index is -0.264. The smallest absolute Gasteiger partial charge is 0.195 e. The molecule has 0 bridgehead atoms. The first-order valence-corrected chi connectivity index (χ1v) is 5.04. The number of oxazole rings is 1. The van der Waals surface area contributed by atoms with Gasteiger partial charge in [-0.3, -0.25) is 0 Å². The Balaban J connectivity index is 2.15. The van der Waals surface area contributed by atoms with Gasteiger partial charge in [0.25, 0.3) is 0 Å². The molecule has 1 aliphatic rings. The molecule has 1 aliphatic heterocycles. The van der Waals surface area contributed by atoms with Crippen molar-refractivity contribution < 1.29 is 9.15 Å². The minimum Gasteiger partial charge on any atom is -0.443 e. The number of nitrogens with two attached hydrogens (primary N) is 1. The number of rotatable bonds is 3. The van der Waals surface area contributed by atoms with E-state index in [1.54, 1.807) is 6.20 Å². The summed E-state index contributed by atoms with van der Waals surface area (Å²) in [6.07, 6.45) is 4.54. The van der Waals surface area contributed by atoms with Gasteiger partial charge in [-0.05, 0) is 19.8 Å². The molecule has 1 saturated heterocycles. The van der Waals surface area contributed by atoms with Crippen LogP contribution in [0.5, 0.6) is 0 Å². The van der Waals surface area contributed by atoms with Gasteiger partial charge in [0.15, 0.2) is 11.7 Å². The Kier molecular flexibility index (Phi) is 2.56. The number of ether oxygens (including phenoxy) is 1. The molecule has 2 heterocycles. The fourth-order valence-electron chi connectivity index (χ4n) is 1.77. The quantitative estimate of drug-likeness (QED) is 0.789. The Morgan fingerprint density at radius 3 is 3.14 bits per heavy atom. The van der Waals surface area contributed by atoms with Crippen molar-refractivity contribution in [2.75, 3.05) is 13.2 Å². The molecule has 0 spiro atoms. The van der Waals surface area contributed by atoms with Crippen molar-refractivity contribution in [3.05, 3.63) is 17.8 Å². The highest BCUT2D eigenvalue weighted by Crippen LogP contribution is 2.35. The normalized spacial score (nSPS) is 27.0. The van der Waals surface area contributed by atoms with E-state index in [9.17, 15) is 0 Å². The number of hydrogen-bond acceptors (Lipinski definition) is 4. The van der Waals surface area contributed by atoms with Gasteiger partial charge in [0.05, 0.1) is 6.20 Å². The summed E-state index contributed by atoms with van der Waals surface area (Å²) in [5, 5.41) is 0. The van der Waals surface area contributed by atoms with Crippen molar-refractivity contribution in [1.29, 1.82) is 0 Å².